The summed E-state index contributed by atoms with van der Waals surface area (Å²) in [6.07, 6.45) is 3.92. The van der Waals surface area contributed by atoms with Crippen LogP contribution in [0.3, 0.4) is 0 Å². The fraction of sp³-hybridized carbons (Fsp3) is 0.632. The van der Waals surface area contributed by atoms with Gasteiger partial charge in [0.1, 0.15) is 0 Å². The Morgan fingerprint density at radius 3 is 2.33 bits per heavy atom. The predicted molar refractivity (Wildman–Crippen MR) is 111 cm³/mol. The summed E-state index contributed by atoms with van der Waals surface area (Å²) in [6.45, 7) is 6.30. The zero-order valence-electron chi connectivity index (χ0n) is 16.4. The van der Waals surface area contributed by atoms with Crippen molar-refractivity contribution in [3.63, 3.8) is 0 Å². The minimum atomic E-state index is -3.54. The fourth-order valence-corrected chi connectivity index (χ4v) is 4.48. The van der Waals surface area contributed by atoms with Crippen LogP contribution in [0.1, 0.15) is 49.9 Å². The first-order valence-electron chi connectivity index (χ1n) is 9.43. The Kier molecular flexibility index (Phi) is 9.73. The van der Waals surface area contributed by atoms with E-state index in [9.17, 15) is 13.2 Å². The number of rotatable bonds is 8. The molecule has 1 saturated heterocycles. The maximum Gasteiger partial charge on any atom is 0.253 e. The van der Waals surface area contributed by atoms with Crippen molar-refractivity contribution in [2.75, 3.05) is 26.7 Å². The number of carbonyl (C=O) groups excluding carboxylic acids is 1. The fourth-order valence-electron chi connectivity index (χ4n) is 3.15. The number of sulfonamides is 1. The molecule has 0 spiro atoms. The summed E-state index contributed by atoms with van der Waals surface area (Å²) in [5.41, 5.74) is 0.543. The molecule has 2 N–H and O–H groups in total. The summed E-state index contributed by atoms with van der Waals surface area (Å²) in [5, 5.41) is 3.17. The number of likely N-dealkylation sites (tertiary alicyclic amines) is 1. The Labute approximate surface area is 169 Å². The largest absolute Gasteiger partial charge is 0.339 e. The third-order valence-corrected chi connectivity index (χ3v) is 6.69. The van der Waals surface area contributed by atoms with E-state index in [-0.39, 0.29) is 29.3 Å². The van der Waals surface area contributed by atoms with Crippen molar-refractivity contribution in [2.45, 2.75) is 50.5 Å². The van der Waals surface area contributed by atoms with E-state index >= 15 is 0 Å². The first-order valence-corrected chi connectivity index (χ1v) is 10.9. The summed E-state index contributed by atoms with van der Waals surface area (Å²) >= 11 is 0. The average molecular weight is 418 g/mol. The lowest BCUT2D eigenvalue weighted by atomic mass is 9.93. The average Bonchev–Trinajstić information content (AvgIpc) is 2.66. The molecule has 1 atom stereocenters. The molecule has 6 nitrogen and oxygen atoms in total. The van der Waals surface area contributed by atoms with Crippen LogP contribution >= 0.6 is 12.4 Å². The molecule has 0 radical (unpaired) electrons. The number of hydrogen-bond donors (Lipinski definition) is 2. The molecule has 1 aliphatic rings. The highest BCUT2D eigenvalue weighted by atomic mass is 35.5. The molecule has 0 saturated carbocycles. The molecule has 0 aliphatic carbocycles. The molecule has 0 bridgehead atoms. The van der Waals surface area contributed by atoms with Crippen molar-refractivity contribution in [1.82, 2.24) is 14.9 Å². The highest BCUT2D eigenvalue weighted by Gasteiger charge is 2.24. The molecule has 8 heteroatoms. The van der Waals surface area contributed by atoms with Gasteiger partial charge in [0.05, 0.1) is 4.90 Å². The Morgan fingerprint density at radius 1 is 1.22 bits per heavy atom. The van der Waals surface area contributed by atoms with Gasteiger partial charge >= 0.3 is 0 Å². The van der Waals surface area contributed by atoms with Gasteiger partial charge in [-0.3, -0.25) is 4.79 Å². The Balaban J connectivity index is 0.00000364. The molecule has 154 valence electrons. The maximum atomic E-state index is 12.7. The van der Waals surface area contributed by atoms with Crippen molar-refractivity contribution in [1.29, 1.82) is 0 Å². The minimum Gasteiger partial charge on any atom is -0.339 e. The maximum absolute atomic E-state index is 12.7. The van der Waals surface area contributed by atoms with Gasteiger partial charge < -0.3 is 10.2 Å². The second-order valence-electron chi connectivity index (χ2n) is 7.08. The van der Waals surface area contributed by atoms with Crippen molar-refractivity contribution < 1.29 is 13.2 Å². The van der Waals surface area contributed by atoms with Crippen LogP contribution in [0.2, 0.25) is 0 Å². The van der Waals surface area contributed by atoms with Crippen molar-refractivity contribution in [2.24, 2.45) is 5.92 Å². The number of piperidine rings is 1. The minimum absolute atomic E-state index is 0. The number of halogens is 1. The van der Waals surface area contributed by atoms with Gasteiger partial charge in [0, 0.05) is 24.7 Å². The number of amides is 1. The standard InChI is InChI=1S/C19H31N3O3S.ClH/c1-4-15(2)21-26(24,25)18-7-5-17(6-8-18)19(23)22-13-10-16(11-14-22)9-12-20-3;/h5-8,15-16,20-21H,4,9-14H2,1-3H3;1H. The van der Waals surface area contributed by atoms with E-state index in [1.54, 1.807) is 12.1 Å². The van der Waals surface area contributed by atoms with E-state index < -0.39 is 10.0 Å². The van der Waals surface area contributed by atoms with Crippen LogP contribution in [-0.4, -0.2) is 51.9 Å². The SMILES string of the molecule is CCC(C)NS(=O)(=O)c1ccc(C(=O)N2CCC(CCNC)CC2)cc1.Cl. The Hall–Kier alpha value is -1.15. The predicted octanol–water partition coefficient (Wildman–Crippen LogP) is 2.65. The first kappa shape index (κ1) is 23.9. The van der Waals surface area contributed by atoms with E-state index in [1.807, 2.05) is 25.8 Å². The Morgan fingerprint density at radius 2 is 1.81 bits per heavy atom. The van der Waals surface area contributed by atoms with Gasteiger partial charge in [-0.05, 0) is 76.4 Å². The van der Waals surface area contributed by atoms with Crippen LogP contribution in [0.4, 0.5) is 0 Å². The van der Waals surface area contributed by atoms with E-state index in [4.69, 9.17) is 0 Å². The lowest BCUT2D eigenvalue weighted by molar-refractivity contribution is 0.0687. The molecule has 27 heavy (non-hydrogen) atoms. The molecule has 1 aromatic rings. The molecule has 1 amide bonds. The van der Waals surface area contributed by atoms with Crippen LogP contribution in [0, 0.1) is 5.92 Å². The molecule has 1 heterocycles. The summed E-state index contributed by atoms with van der Waals surface area (Å²) in [6, 6.07) is 6.13. The summed E-state index contributed by atoms with van der Waals surface area (Å²) in [5.74, 6) is 0.654. The number of carbonyl (C=O) groups is 1. The lowest BCUT2D eigenvalue weighted by Gasteiger charge is -2.32. The van der Waals surface area contributed by atoms with Gasteiger partial charge in [0.2, 0.25) is 10.0 Å². The van der Waals surface area contributed by atoms with Gasteiger partial charge in [-0.15, -0.1) is 12.4 Å². The number of nitrogens with one attached hydrogen (secondary N) is 2. The third kappa shape index (κ3) is 6.75. The quantitative estimate of drug-likeness (QED) is 0.681. The summed E-state index contributed by atoms with van der Waals surface area (Å²) in [7, 11) is -1.58. The first-order chi connectivity index (χ1) is 12.4. The molecule has 1 aromatic carbocycles. The molecule has 2 rings (SSSR count). The van der Waals surface area contributed by atoms with Gasteiger partial charge in [0.15, 0.2) is 0 Å². The summed E-state index contributed by atoms with van der Waals surface area (Å²) < 4.78 is 27.2. The number of hydrogen-bond acceptors (Lipinski definition) is 4. The topological polar surface area (TPSA) is 78.5 Å². The van der Waals surface area contributed by atoms with Crippen LogP contribution in [-0.2, 0) is 10.0 Å². The van der Waals surface area contributed by atoms with Crippen molar-refractivity contribution in [3.8, 4) is 0 Å². The molecule has 0 aromatic heterocycles. The van der Waals surface area contributed by atoms with Gasteiger partial charge in [-0.2, -0.15) is 0 Å². The van der Waals surface area contributed by atoms with E-state index in [0.29, 0.717) is 11.5 Å². The highest BCUT2D eigenvalue weighted by Crippen LogP contribution is 2.22. The summed E-state index contributed by atoms with van der Waals surface area (Å²) in [4.78, 5) is 14.7. The molecule has 1 unspecified atom stereocenters. The number of nitrogens with zero attached hydrogens (tertiary/aromatic N) is 1. The van der Waals surface area contributed by atoms with Crippen LogP contribution in [0.25, 0.3) is 0 Å². The normalized spacial score (nSPS) is 16.6. The van der Waals surface area contributed by atoms with E-state index in [1.165, 1.54) is 12.1 Å². The zero-order chi connectivity index (χ0) is 19.2. The van der Waals surface area contributed by atoms with Crippen LogP contribution < -0.4 is 10.0 Å². The molecule has 1 aliphatic heterocycles. The van der Waals surface area contributed by atoms with E-state index in [2.05, 4.69) is 10.0 Å². The number of benzene rings is 1. The molecular formula is C19H32ClN3O3S. The van der Waals surface area contributed by atoms with Gasteiger partial charge in [-0.1, -0.05) is 6.92 Å². The van der Waals surface area contributed by atoms with Crippen molar-refractivity contribution >= 4 is 28.3 Å². The van der Waals surface area contributed by atoms with Gasteiger partial charge in [0.25, 0.3) is 5.91 Å². The smallest absolute Gasteiger partial charge is 0.253 e. The Bertz CT molecular complexity index is 687. The monoisotopic (exact) mass is 417 g/mol. The van der Waals surface area contributed by atoms with Gasteiger partial charge in [-0.25, -0.2) is 13.1 Å². The van der Waals surface area contributed by atoms with E-state index in [0.717, 1.165) is 45.3 Å². The van der Waals surface area contributed by atoms with Crippen molar-refractivity contribution in [3.05, 3.63) is 29.8 Å². The van der Waals surface area contributed by atoms with Crippen LogP contribution in [0.15, 0.2) is 29.2 Å². The second-order valence-corrected chi connectivity index (χ2v) is 8.80. The lowest BCUT2D eigenvalue weighted by Crippen LogP contribution is -2.39. The second kappa shape index (κ2) is 11.0. The molecule has 1 fully saturated rings. The molecular weight excluding hydrogens is 386 g/mol. The zero-order valence-corrected chi connectivity index (χ0v) is 18.0. The third-order valence-electron chi connectivity index (χ3n) is 5.08. The van der Waals surface area contributed by atoms with Crippen LogP contribution in [0.5, 0.6) is 0 Å². The highest BCUT2D eigenvalue weighted by molar-refractivity contribution is 7.89.